The summed E-state index contributed by atoms with van der Waals surface area (Å²) in [6, 6.07) is 20.2. The molecule has 1 aliphatic rings. The number of amides is 4. The minimum Gasteiger partial charge on any atom is -0.348 e. The van der Waals surface area contributed by atoms with Crippen LogP contribution in [0.15, 0.2) is 71.2 Å². The summed E-state index contributed by atoms with van der Waals surface area (Å²) in [6.45, 7) is 3.19. The molecule has 0 aromatic heterocycles. The first-order valence-electron chi connectivity index (χ1n) is 9.97. The number of fused-ring (bicyclic) bond motifs is 1. The molecule has 7 heteroatoms. The molecule has 1 aliphatic heterocycles. The van der Waals surface area contributed by atoms with Crippen molar-refractivity contribution in [2.24, 2.45) is 0 Å². The van der Waals surface area contributed by atoms with Crippen molar-refractivity contribution in [1.82, 2.24) is 15.5 Å². The number of benzene rings is 3. The van der Waals surface area contributed by atoms with Crippen molar-refractivity contribution >= 4 is 44.5 Å². The van der Waals surface area contributed by atoms with E-state index in [0.717, 1.165) is 25.7 Å². The van der Waals surface area contributed by atoms with Gasteiger partial charge in [0.2, 0.25) is 5.91 Å². The number of nitrogens with one attached hydrogen (secondary N) is 2. The zero-order valence-electron chi connectivity index (χ0n) is 17.2. The minimum atomic E-state index is -1.21. The zero-order chi connectivity index (χ0) is 22.2. The van der Waals surface area contributed by atoms with Crippen molar-refractivity contribution < 1.29 is 14.4 Å². The van der Waals surface area contributed by atoms with Gasteiger partial charge in [0.1, 0.15) is 12.1 Å². The molecule has 0 radical (unpaired) electrons. The van der Waals surface area contributed by atoms with Crippen molar-refractivity contribution in [2.45, 2.75) is 25.4 Å². The maximum Gasteiger partial charge on any atom is 0.325 e. The molecule has 6 nitrogen and oxygen atoms in total. The number of urea groups is 1. The monoisotopic (exact) mass is 479 g/mol. The predicted molar refractivity (Wildman–Crippen MR) is 122 cm³/mol. The fraction of sp³-hybridized carbons (Fsp3) is 0.208. The highest BCUT2D eigenvalue weighted by molar-refractivity contribution is 9.10. The molecule has 1 saturated heterocycles. The third-order valence-corrected chi connectivity index (χ3v) is 6.19. The summed E-state index contributed by atoms with van der Waals surface area (Å²) in [4.78, 5) is 39.2. The number of carbonyl (C=O) groups excluding carboxylic acids is 3. The number of carbonyl (C=O) groups is 3. The van der Waals surface area contributed by atoms with Crippen LogP contribution >= 0.6 is 15.9 Å². The van der Waals surface area contributed by atoms with Gasteiger partial charge in [0, 0.05) is 4.47 Å². The molecule has 4 rings (SSSR count). The number of halogens is 1. The minimum absolute atomic E-state index is 0.280. The average molecular weight is 480 g/mol. The van der Waals surface area contributed by atoms with Gasteiger partial charge in [-0.15, -0.1) is 0 Å². The third kappa shape index (κ3) is 3.93. The SMILES string of the molecule is CC(NC(=O)CN1C(=O)NC(C)(c2ccc(Br)cc2)C1=O)c1cccc2ccccc12. The molecule has 1 fully saturated rings. The van der Waals surface area contributed by atoms with E-state index >= 15 is 0 Å². The topological polar surface area (TPSA) is 78.5 Å². The Morgan fingerprint density at radius 2 is 1.74 bits per heavy atom. The molecule has 2 atom stereocenters. The zero-order valence-corrected chi connectivity index (χ0v) is 18.8. The van der Waals surface area contributed by atoms with Crippen LogP contribution in [0.3, 0.4) is 0 Å². The van der Waals surface area contributed by atoms with Crippen LogP contribution in [-0.2, 0) is 15.1 Å². The Balaban J connectivity index is 1.49. The second kappa shape index (κ2) is 8.15. The number of hydrogen-bond donors (Lipinski definition) is 2. The van der Waals surface area contributed by atoms with Crippen molar-refractivity contribution in [2.75, 3.05) is 6.54 Å². The van der Waals surface area contributed by atoms with Crippen LogP contribution in [0.5, 0.6) is 0 Å². The van der Waals surface area contributed by atoms with E-state index in [1.165, 1.54) is 0 Å². The van der Waals surface area contributed by atoms with Gasteiger partial charge in [0.05, 0.1) is 6.04 Å². The van der Waals surface area contributed by atoms with Crippen LogP contribution in [0.1, 0.15) is 31.0 Å². The maximum absolute atomic E-state index is 13.0. The van der Waals surface area contributed by atoms with E-state index in [0.29, 0.717) is 5.56 Å². The first kappa shape index (κ1) is 21.1. The number of imide groups is 1. The van der Waals surface area contributed by atoms with Crippen LogP contribution in [0.25, 0.3) is 10.8 Å². The Morgan fingerprint density at radius 3 is 2.48 bits per heavy atom. The Kier molecular flexibility index (Phi) is 5.54. The Labute approximate surface area is 188 Å². The highest BCUT2D eigenvalue weighted by atomic mass is 79.9. The van der Waals surface area contributed by atoms with E-state index < -0.39 is 23.4 Å². The van der Waals surface area contributed by atoms with E-state index in [1.54, 1.807) is 31.2 Å². The fourth-order valence-electron chi connectivity index (χ4n) is 3.96. The first-order valence-corrected chi connectivity index (χ1v) is 10.8. The lowest BCUT2D eigenvalue weighted by Gasteiger charge is -2.22. The lowest BCUT2D eigenvalue weighted by molar-refractivity contribution is -0.135. The normalized spacial score (nSPS) is 19.4. The molecule has 0 saturated carbocycles. The second-order valence-corrected chi connectivity index (χ2v) is 8.73. The van der Waals surface area contributed by atoms with E-state index in [-0.39, 0.29) is 12.6 Å². The first-order chi connectivity index (χ1) is 14.8. The van der Waals surface area contributed by atoms with Gasteiger partial charge in [-0.25, -0.2) is 4.79 Å². The molecule has 31 heavy (non-hydrogen) atoms. The molecule has 2 unspecified atom stereocenters. The highest BCUT2D eigenvalue weighted by Gasteiger charge is 2.49. The van der Waals surface area contributed by atoms with Gasteiger partial charge in [-0.1, -0.05) is 70.5 Å². The lowest BCUT2D eigenvalue weighted by atomic mass is 9.92. The summed E-state index contributed by atoms with van der Waals surface area (Å²) in [5.74, 6) is -0.850. The molecular weight excluding hydrogens is 458 g/mol. The average Bonchev–Trinajstić information content (AvgIpc) is 2.97. The fourth-order valence-corrected chi connectivity index (χ4v) is 4.22. The molecule has 1 heterocycles. The molecule has 3 aromatic carbocycles. The van der Waals surface area contributed by atoms with Crippen LogP contribution in [0, 0.1) is 0 Å². The molecule has 0 bridgehead atoms. The molecule has 4 amide bonds. The van der Waals surface area contributed by atoms with Gasteiger partial charge in [0.15, 0.2) is 0 Å². The summed E-state index contributed by atoms with van der Waals surface area (Å²) < 4.78 is 0.871. The van der Waals surface area contributed by atoms with Gasteiger partial charge in [-0.2, -0.15) is 0 Å². The van der Waals surface area contributed by atoms with Gasteiger partial charge < -0.3 is 10.6 Å². The molecule has 0 aliphatic carbocycles. The van der Waals surface area contributed by atoms with E-state index in [2.05, 4.69) is 26.6 Å². The second-order valence-electron chi connectivity index (χ2n) is 7.81. The third-order valence-electron chi connectivity index (χ3n) is 5.67. The molecule has 2 N–H and O–H groups in total. The number of rotatable bonds is 5. The van der Waals surface area contributed by atoms with E-state index in [4.69, 9.17) is 0 Å². The highest BCUT2D eigenvalue weighted by Crippen LogP contribution is 2.30. The van der Waals surface area contributed by atoms with Crippen LogP contribution in [0.4, 0.5) is 4.79 Å². The summed E-state index contributed by atoms with van der Waals surface area (Å²) in [5, 5.41) is 7.77. The molecule has 158 valence electrons. The standard InChI is InChI=1S/C24H22BrN3O3/c1-15(19-9-5-7-16-6-3-4-8-20(16)19)26-21(29)14-28-22(30)24(2,27-23(28)31)17-10-12-18(25)13-11-17/h3-13,15H,14H2,1-2H3,(H,26,29)(H,27,31). The van der Waals surface area contributed by atoms with Crippen LogP contribution < -0.4 is 10.6 Å². The van der Waals surface area contributed by atoms with Crippen molar-refractivity contribution in [1.29, 1.82) is 0 Å². The summed E-state index contributed by atoms with van der Waals surface area (Å²) in [7, 11) is 0. The van der Waals surface area contributed by atoms with Gasteiger partial charge in [-0.3, -0.25) is 14.5 Å². The molecule has 3 aromatic rings. The lowest BCUT2D eigenvalue weighted by Crippen LogP contribution is -2.43. The summed E-state index contributed by atoms with van der Waals surface area (Å²) in [6.07, 6.45) is 0. The van der Waals surface area contributed by atoms with Gasteiger partial charge in [-0.05, 0) is 47.9 Å². The van der Waals surface area contributed by atoms with Gasteiger partial charge in [0.25, 0.3) is 5.91 Å². The van der Waals surface area contributed by atoms with Gasteiger partial charge >= 0.3 is 6.03 Å². The Morgan fingerprint density at radius 1 is 1.06 bits per heavy atom. The van der Waals surface area contributed by atoms with Crippen LogP contribution in [-0.4, -0.2) is 29.3 Å². The van der Waals surface area contributed by atoms with Crippen molar-refractivity contribution in [3.05, 3.63) is 82.3 Å². The Bertz CT molecular complexity index is 1170. The van der Waals surface area contributed by atoms with Crippen molar-refractivity contribution in [3.8, 4) is 0 Å². The summed E-state index contributed by atoms with van der Waals surface area (Å²) in [5.41, 5.74) is 0.420. The quantitative estimate of drug-likeness (QED) is 0.537. The maximum atomic E-state index is 13.0. The van der Waals surface area contributed by atoms with E-state index in [1.807, 2.05) is 49.4 Å². The summed E-state index contributed by atoms with van der Waals surface area (Å²) >= 11 is 3.36. The van der Waals surface area contributed by atoms with Crippen molar-refractivity contribution in [3.63, 3.8) is 0 Å². The Hall–Kier alpha value is -3.19. The largest absolute Gasteiger partial charge is 0.348 e. The predicted octanol–water partition coefficient (Wildman–Crippen LogP) is 4.25. The smallest absolute Gasteiger partial charge is 0.325 e. The van der Waals surface area contributed by atoms with Crippen LogP contribution in [0.2, 0.25) is 0 Å². The molecular formula is C24H22BrN3O3. The van der Waals surface area contributed by atoms with E-state index in [9.17, 15) is 14.4 Å². The number of hydrogen-bond acceptors (Lipinski definition) is 3. The number of nitrogens with zero attached hydrogens (tertiary/aromatic N) is 1. The molecule has 0 spiro atoms.